The summed E-state index contributed by atoms with van der Waals surface area (Å²) in [5.74, 6) is 0. The van der Waals surface area contributed by atoms with Crippen LogP contribution in [0, 0.1) is 5.41 Å². The van der Waals surface area contributed by atoms with Gasteiger partial charge in [0.25, 0.3) is 0 Å². The lowest BCUT2D eigenvalue weighted by molar-refractivity contribution is 0.244. The van der Waals surface area contributed by atoms with Crippen LogP contribution in [0.1, 0.15) is 51.4 Å². The first-order valence-electron chi connectivity index (χ1n) is 4.83. The average Bonchev–Trinajstić information content (AvgIpc) is 2.45. The summed E-state index contributed by atoms with van der Waals surface area (Å²) in [6.45, 7) is 0. The van der Waals surface area contributed by atoms with Crippen molar-refractivity contribution in [1.82, 2.24) is 0 Å². The highest BCUT2D eigenvalue weighted by atomic mass is 32.1. The van der Waals surface area contributed by atoms with Gasteiger partial charge in [-0.25, -0.2) is 0 Å². The van der Waals surface area contributed by atoms with Crippen molar-refractivity contribution in [3.8, 4) is 0 Å². The lowest BCUT2D eigenvalue weighted by Crippen LogP contribution is -2.23. The predicted octanol–water partition coefficient (Wildman–Crippen LogP) is 3.49. The summed E-state index contributed by atoms with van der Waals surface area (Å²) in [4.78, 5) is 1.34. The normalized spacial score (nSPS) is 29.6. The molecule has 11 heavy (non-hydrogen) atoms. The molecule has 1 heteroatoms. The van der Waals surface area contributed by atoms with Crippen molar-refractivity contribution in [3.63, 3.8) is 0 Å². The van der Waals surface area contributed by atoms with Crippen molar-refractivity contribution in [2.75, 3.05) is 0 Å². The molecule has 1 spiro atoms. The van der Waals surface area contributed by atoms with Crippen molar-refractivity contribution in [2.45, 2.75) is 51.4 Å². The van der Waals surface area contributed by atoms with Gasteiger partial charge in [0.15, 0.2) is 0 Å². The summed E-state index contributed by atoms with van der Waals surface area (Å²) in [6.07, 6.45) is 11.3. The third-order valence-electron chi connectivity index (χ3n) is 3.53. The second-order valence-corrected chi connectivity index (χ2v) is 4.82. The van der Waals surface area contributed by atoms with E-state index in [4.69, 9.17) is 12.2 Å². The van der Waals surface area contributed by atoms with Crippen LogP contribution in [0.25, 0.3) is 0 Å². The van der Waals surface area contributed by atoms with Gasteiger partial charge in [-0.15, -0.1) is 0 Å². The molecule has 0 atom stereocenters. The molecule has 2 aliphatic carbocycles. The molecule has 0 aromatic carbocycles. The molecule has 0 bridgehead atoms. The van der Waals surface area contributed by atoms with Crippen LogP contribution < -0.4 is 0 Å². The van der Waals surface area contributed by atoms with Gasteiger partial charge in [-0.05, 0) is 48.8 Å². The second kappa shape index (κ2) is 2.85. The second-order valence-electron chi connectivity index (χ2n) is 4.25. The highest BCUT2D eigenvalue weighted by Crippen LogP contribution is 2.48. The molecule has 0 heterocycles. The Balaban J connectivity index is 1.99. The van der Waals surface area contributed by atoms with Gasteiger partial charge in [-0.3, -0.25) is 0 Å². The minimum atomic E-state index is 0.766. The van der Waals surface area contributed by atoms with Crippen LogP contribution in [-0.2, 0) is 0 Å². The van der Waals surface area contributed by atoms with Crippen molar-refractivity contribution in [2.24, 2.45) is 5.41 Å². The molecule has 2 saturated carbocycles. The Morgan fingerprint density at radius 3 is 2.00 bits per heavy atom. The van der Waals surface area contributed by atoms with Crippen LogP contribution in [0.3, 0.4) is 0 Å². The molecule has 62 valence electrons. The molecule has 0 aromatic rings. The van der Waals surface area contributed by atoms with Crippen LogP contribution in [-0.4, -0.2) is 4.86 Å². The van der Waals surface area contributed by atoms with Gasteiger partial charge in [0.1, 0.15) is 0 Å². The molecular weight excluding hydrogens is 152 g/mol. The predicted molar refractivity (Wildman–Crippen MR) is 52.0 cm³/mol. The fourth-order valence-electron chi connectivity index (χ4n) is 2.68. The molecule has 2 fully saturated rings. The molecule has 0 saturated heterocycles. The summed E-state index contributed by atoms with van der Waals surface area (Å²) in [5.41, 5.74) is 0.766. The first-order valence-corrected chi connectivity index (χ1v) is 5.23. The maximum Gasteiger partial charge on any atom is -0.00711 e. The SMILES string of the molecule is S=C1CCC2(CCCC2)CC1. The highest BCUT2D eigenvalue weighted by Gasteiger charge is 2.35. The Hall–Kier alpha value is 0.0900. The van der Waals surface area contributed by atoms with E-state index in [0.717, 1.165) is 5.41 Å². The molecular formula is C10H16S. The first kappa shape index (κ1) is 7.72. The van der Waals surface area contributed by atoms with Crippen molar-refractivity contribution < 1.29 is 0 Å². The smallest absolute Gasteiger partial charge is 0.00711 e. The Labute approximate surface area is 74.4 Å². The van der Waals surface area contributed by atoms with E-state index < -0.39 is 0 Å². The summed E-state index contributed by atoms with van der Waals surface area (Å²) in [6, 6.07) is 0. The third-order valence-corrected chi connectivity index (χ3v) is 3.94. The molecule has 2 aliphatic rings. The summed E-state index contributed by atoms with van der Waals surface area (Å²) >= 11 is 5.22. The standard InChI is InChI=1S/C10H16S/c11-9-3-7-10(8-4-9)5-1-2-6-10/h1-8H2. The molecule has 0 amide bonds. The van der Waals surface area contributed by atoms with Crippen LogP contribution in [0.4, 0.5) is 0 Å². The fourth-order valence-corrected chi connectivity index (χ4v) is 2.89. The van der Waals surface area contributed by atoms with E-state index in [1.807, 2.05) is 0 Å². The van der Waals surface area contributed by atoms with Crippen molar-refractivity contribution >= 4 is 17.1 Å². The van der Waals surface area contributed by atoms with Crippen molar-refractivity contribution in [3.05, 3.63) is 0 Å². The van der Waals surface area contributed by atoms with E-state index in [0.29, 0.717) is 0 Å². The van der Waals surface area contributed by atoms with E-state index in [1.165, 1.54) is 56.2 Å². The van der Waals surface area contributed by atoms with Gasteiger partial charge >= 0.3 is 0 Å². The van der Waals surface area contributed by atoms with Crippen molar-refractivity contribution in [1.29, 1.82) is 0 Å². The maximum atomic E-state index is 5.22. The fraction of sp³-hybridized carbons (Fsp3) is 0.900. The van der Waals surface area contributed by atoms with Gasteiger partial charge in [0.05, 0.1) is 0 Å². The Morgan fingerprint density at radius 2 is 1.45 bits per heavy atom. The Kier molecular flexibility index (Phi) is 2.00. The van der Waals surface area contributed by atoms with Gasteiger partial charge < -0.3 is 0 Å². The Bertz CT molecular complexity index is 154. The number of thiocarbonyl (C=S) groups is 1. The maximum absolute atomic E-state index is 5.22. The molecule has 0 unspecified atom stereocenters. The topological polar surface area (TPSA) is 0 Å². The number of hydrogen-bond donors (Lipinski definition) is 0. The lowest BCUT2D eigenvalue weighted by atomic mass is 9.73. The summed E-state index contributed by atoms with van der Waals surface area (Å²) in [5, 5.41) is 0. The zero-order valence-electron chi connectivity index (χ0n) is 7.07. The Morgan fingerprint density at radius 1 is 0.909 bits per heavy atom. The highest BCUT2D eigenvalue weighted by molar-refractivity contribution is 7.80. The molecule has 0 aliphatic heterocycles. The lowest BCUT2D eigenvalue weighted by Gasteiger charge is -2.33. The first-order chi connectivity index (χ1) is 5.31. The van der Waals surface area contributed by atoms with Gasteiger partial charge in [-0.1, -0.05) is 25.1 Å². The quantitative estimate of drug-likeness (QED) is 0.499. The van der Waals surface area contributed by atoms with E-state index >= 15 is 0 Å². The van der Waals surface area contributed by atoms with Crippen LogP contribution >= 0.6 is 12.2 Å². The van der Waals surface area contributed by atoms with Gasteiger partial charge in [-0.2, -0.15) is 0 Å². The molecule has 2 rings (SSSR count). The monoisotopic (exact) mass is 168 g/mol. The van der Waals surface area contributed by atoms with Crippen LogP contribution in [0.15, 0.2) is 0 Å². The molecule has 0 N–H and O–H groups in total. The number of hydrogen-bond acceptors (Lipinski definition) is 1. The van der Waals surface area contributed by atoms with E-state index in [2.05, 4.69) is 0 Å². The molecule has 0 aromatic heterocycles. The minimum absolute atomic E-state index is 0.766. The van der Waals surface area contributed by atoms with Crippen LogP contribution in [0.2, 0.25) is 0 Å². The van der Waals surface area contributed by atoms with E-state index in [-0.39, 0.29) is 0 Å². The van der Waals surface area contributed by atoms with E-state index in [1.54, 1.807) is 0 Å². The largest absolute Gasteiger partial charge is 0.0897 e. The third kappa shape index (κ3) is 1.48. The number of rotatable bonds is 0. The zero-order valence-corrected chi connectivity index (χ0v) is 7.88. The summed E-state index contributed by atoms with van der Waals surface area (Å²) in [7, 11) is 0. The van der Waals surface area contributed by atoms with E-state index in [9.17, 15) is 0 Å². The average molecular weight is 168 g/mol. The minimum Gasteiger partial charge on any atom is -0.0897 e. The van der Waals surface area contributed by atoms with Crippen LogP contribution in [0.5, 0.6) is 0 Å². The molecule has 0 nitrogen and oxygen atoms in total. The van der Waals surface area contributed by atoms with Gasteiger partial charge in [0, 0.05) is 0 Å². The molecule has 0 radical (unpaired) electrons. The van der Waals surface area contributed by atoms with Gasteiger partial charge in [0.2, 0.25) is 0 Å². The summed E-state index contributed by atoms with van der Waals surface area (Å²) < 4.78 is 0. The zero-order chi connectivity index (χ0) is 7.73.